The van der Waals surface area contributed by atoms with Crippen LogP contribution in [0.5, 0.6) is 0 Å². The van der Waals surface area contributed by atoms with Crippen LogP contribution in [0.1, 0.15) is 56.0 Å². The van der Waals surface area contributed by atoms with E-state index in [1.165, 1.54) is 0 Å². The minimum Gasteiger partial charge on any atom is -0.451 e. The average molecular weight is 422 g/mol. The molecule has 0 saturated carbocycles. The Kier molecular flexibility index (Phi) is 7.26. The smallest absolute Gasteiger partial charge is 0.312 e. The van der Waals surface area contributed by atoms with Gasteiger partial charge in [0.1, 0.15) is 0 Å². The lowest BCUT2D eigenvalue weighted by Gasteiger charge is -2.30. The lowest BCUT2D eigenvalue weighted by molar-refractivity contribution is -0.167. The number of carbonyl (C=O) groups excluding carboxylic acids is 3. The molecule has 0 aliphatic carbocycles. The van der Waals surface area contributed by atoms with Gasteiger partial charge in [-0.25, -0.2) is 0 Å². The highest BCUT2D eigenvalue weighted by Crippen LogP contribution is 2.25. The van der Waals surface area contributed by atoms with E-state index < -0.39 is 17.5 Å². The monoisotopic (exact) mass is 421 g/mol. The number of hydrogen-bond donors (Lipinski definition) is 0. The molecule has 0 bridgehead atoms. The maximum atomic E-state index is 13.5. The highest BCUT2D eigenvalue weighted by molar-refractivity contribution is 5.97. The summed E-state index contributed by atoms with van der Waals surface area (Å²) in [6, 6.07) is 18.5. The van der Waals surface area contributed by atoms with Crippen molar-refractivity contribution in [3.8, 4) is 0 Å². The standard InChI is InChI=1S/C26H31NO4/c1-26(2,3)25(30)31-23(17-19-11-6-4-7-12-19)24(29)27-16-10-15-21(27)18-22(28)20-13-8-5-9-14-20/h4-9,11-14,21,23H,10,15-18H2,1-3H3/t21-,23+/m0/s1. The number of hydrogen-bond acceptors (Lipinski definition) is 4. The van der Waals surface area contributed by atoms with Gasteiger partial charge in [-0.15, -0.1) is 0 Å². The Morgan fingerprint density at radius 1 is 1.00 bits per heavy atom. The maximum Gasteiger partial charge on any atom is 0.312 e. The van der Waals surface area contributed by atoms with Crippen LogP contribution in [0.4, 0.5) is 0 Å². The molecule has 1 aliphatic rings. The molecule has 1 amide bonds. The van der Waals surface area contributed by atoms with Gasteiger partial charge in [0.15, 0.2) is 11.9 Å². The van der Waals surface area contributed by atoms with E-state index in [4.69, 9.17) is 4.74 Å². The fourth-order valence-corrected chi connectivity index (χ4v) is 3.79. The Morgan fingerprint density at radius 3 is 2.23 bits per heavy atom. The lowest BCUT2D eigenvalue weighted by atomic mass is 9.97. The fraction of sp³-hybridized carbons (Fsp3) is 0.423. The molecule has 0 radical (unpaired) electrons. The number of esters is 1. The van der Waals surface area contributed by atoms with E-state index >= 15 is 0 Å². The van der Waals surface area contributed by atoms with Gasteiger partial charge >= 0.3 is 5.97 Å². The summed E-state index contributed by atoms with van der Waals surface area (Å²) in [5, 5.41) is 0. The van der Waals surface area contributed by atoms with E-state index in [0.717, 1.165) is 18.4 Å². The second kappa shape index (κ2) is 9.90. The highest BCUT2D eigenvalue weighted by atomic mass is 16.5. The minimum absolute atomic E-state index is 0.0246. The molecule has 3 rings (SSSR count). The van der Waals surface area contributed by atoms with Crippen LogP contribution < -0.4 is 0 Å². The summed E-state index contributed by atoms with van der Waals surface area (Å²) in [7, 11) is 0. The quantitative estimate of drug-likeness (QED) is 0.489. The minimum atomic E-state index is -0.901. The molecular weight excluding hydrogens is 390 g/mol. The van der Waals surface area contributed by atoms with Gasteiger partial charge in [0, 0.05) is 31.0 Å². The summed E-state index contributed by atoms with van der Waals surface area (Å²) in [4.78, 5) is 40.5. The molecule has 5 heteroatoms. The number of nitrogens with zero attached hydrogens (tertiary/aromatic N) is 1. The van der Waals surface area contributed by atoms with Crippen LogP contribution in [0, 0.1) is 5.41 Å². The fourth-order valence-electron chi connectivity index (χ4n) is 3.79. The van der Waals surface area contributed by atoms with Crippen molar-refractivity contribution in [2.75, 3.05) is 6.54 Å². The van der Waals surface area contributed by atoms with Gasteiger partial charge in [0.25, 0.3) is 5.91 Å². The van der Waals surface area contributed by atoms with Crippen LogP contribution in [-0.4, -0.2) is 41.3 Å². The predicted octanol–water partition coefficient (Wildman–Crippen LogP) is 4.45. The van der Waals surface area contributed by atoms with Crippen molar-refractivity contribution in [3.63, 3.8) is 0 Å². The molecule has 0 unspecified atom stereocenters. The van der Waals surface area contributed by atoms with Crippen LogP contribution in [0.15, 0.2) is 60.7 Å². The number of ether oxygens (including phenoxy) is 1. The van der Waals surface area contributed by atoms with Crippen molar-refractivity contribution in [3.05, 3.63) is 71.8 Å². The summed E-state index contributed by atoms with van der Waals surface area (Å²) in [5.41, 5.74) is 0.878. The second-order valence-electron chi connectivity index (χ2n) is 9.15. The number of amides is 1. The first kappa shape index (κ1) is 22.7. The van der Waals surface area contributed by atoms with E-state index in [0.29, 0.717) is 18.5 Å². The number of benzene rings is 2. The Balaban J connectivity index is 1.76. The van der Waals surface area contributed by atoms with Crippen LogP contribution in [0.3, 0.4) is 0 Å². The number of Topliss-reactive ketones (excluding diaryl/α,β-unsaturated/α-hetero) is 1. The zero-order chi connectivity index (χ0) is 22.4. The molecule has 0 aromatic heterocycles. The topological polar surface area (TPSA) is 63.7 Å². The molecule has 5 nitrogen and oxygen atoms in total. The molecule has 2 aromatic carbocycles. The van der Waals surface area contributed by atoms with Crippen molar-refractivity contribution < 1.29 is 19.1 Å². The predicted molar refractivity (Wildman–Crippen MR) is 120 cm³/mol. The molecule has 164 valence electrons. The molecule has 1 fully saturated rings. The van der Waals surface area contributed by atoms with Crippen molar-refractivity contribution in [2.45, 2.75) is 58.6 Å². The van der Waals surface area contributed by atoms with Crippen LogP contribution in [0.2, 0.25) is 0 Å². The molecule has 2 atom stereocenters. The van der Waals surface area contributed by atoms with Gasteiger partial charge < -0.3 is 9.64 Å². The van der Waals surface area contributed by atoms with E-state index in [-0.39, 0.29) is 24.2 Å². The molecule has 0 N–H and O–H groups in total. The Hall–Kier alpha value is -2.95. The number of carbonyl (C=O) groups is 3. The van der Waals surface area contributed by atoms with Crippen LogP contribution in [0.25, 0.3) is 0 Å². The second-order valence-corrected chi connectivity index (χ2v) is 9.15. The van der Waals surface area contributed by atoms with E-state index in [2.05, 4.69) is 0 Å². The molecule has 1 heterocycles. The van der Waals surface area contributed by atoms with Gasteiger partial charge in [-0.05, 0) is 39.2 Å². The molecule has 0 spiro atoms. The van der Waals surface area contributed by atoms with E-state index in [1.807, 2.05) is 48.5 Å². The Labute approximate surface area is 184 Å². The molecule has 31 heavy (non-hydrogen) atoms. The van der Waals surface area contributed by atoms with Gasteiger partial charge in [-0.3, -0.25) is 14.4 Å². The van der Waals surface area contributed by atoms with Crippen molar-refractivity contribution >= 4 is 17.7 Å². The zero-order valence-corrected chi connectivity index (χ0v) is 18.5. The van der Waals surface area contributed by atoms with Gasteiger partial charge in [-0.2, -0.15) is 0 Å². The van der Waals surface area contributed by atoms with Gasteiger partial charge in [0.05, 0.1) is 5.41 Å². The number of likely N-dealkylation sites (tertiary alicyclic amines) is 1. The Morgan fingerprint density at radius 2 is 1.61 bits per heavy atom. The summed E-state index contributed by atoms with van der Waals surface area (Å²) in [5.74, 6) is -0.598. The van der Waals surface area contributed by atoms with Crippen molar-refractivity contribution in [1.82, 2.24) is 4.90 Å². The molecule has 1 saturated heterocycles. The summed E-state index contributed by atoms with van der Waals surface area (Å²) in [6.45, 7) is 5.90. The molecular formula is C26H31NO4. The molecule has 2 aromatic rings. The first-order chi connectivity index (χ1) is 14.8. The SMILES string of the molecule is CC(C)(C)C(=O)O[C@H](Cc1ccccc1)C(=O)N1CCC[C@H]1CC(=O)c1ccccc1. The van der Waals surface area contributed by atoms with Crippen molar-refractivity contribution in [1.29, 1.82) is 0 Å². The third kappa shape index (κ3) is 6.03. The molecule has 1 aliphatic heterocycles. The summed E-state index contributed by atoms with van der Waals surface area (Å²) < 4.78 is 5.72. The average Bonchev–Trinajstić information content (AvgIpc) is 3.21. The van der Waals surface area contributed by atoms with Crippen molar-refractivity contribution in [2.24, 2.45) is 5.41 Å². The third-order valence-corrected chi connectivity index (χ3v) is 5.58. The summed E-state index contributed by atoms with van der Waals surface area (Å²) >= 11 is 0. The highest BCUT2D eigenvalue weighted by Gasteiger charge is 2.37. The van der Waals surface area contributed by atoms with Gasteiger partial charge in [-0.1, -0.05) is 60.7 Å². The normalized spacial score (nSPS) is 17.3. The number of rotatable bonds is 7. The third-order valence-electron chi connectivity index (χ3n) is 5.58. The first-order valence-electron chi connectivity index (χ1n) is 10.9. The number of ketones is 1. The van der Waals surface area contributed by atoms with E-state index in [9.17, 15) is 14.4 Å². The van der Waals surface area contributed by atoms with Gasteiger partial charge in [0.2, 0.25) is 0 Å². The van der Waals surface area contributed by atoms with Crippen LogP contribution >= 0.6 is 0 Å². The largest absolute Gasteiger partial charge is 0.451 e. The lowest BCUT2D eigenvalue weighted by Crippen LogP contribution is -2.46. The maximum absolute atomic E-state index is 13.5. The van der Waals surface area contributed by atoms with Crippen LogP contribution in [-0.2, 0) is 20.7 Å². The Bertz CT molecular complexity index is 902. The first-order valence-corrected chi connectivity index (χ1v) is 10.9. The van der Waals surface area contributed by atoms with E-state index in [1.54, 1.807) is 37.8 Å². The zero-order valence-electron chi connectivity index (χ0n) is 18.5. The summed E-state index contributed by atoms with van der Waals surface area (Å²) in [6.07, 6.45) is 1.30.